The van der Waals surface area contributed by atoms with Gasteiger partial charge in [0, 0.05) is 38.9 Å². The predicted octanol–water partition coefficient (Wildman–Crippen LogP) is 0.396. The number of carbonyl (C=O) groups is 1. The minimum Gasteiger partial charge on any atom is -0.477 e. The highest BCUT2D eigenvalue weighted by atomic mass is 16.4. The van der Waals surface area contributed by atoms with E-state index in [0.29, 0.717) is 18.0 Å². The van der Waals surface area contributed by atoms with E-state index < -0.39 is 11.4 Å². The first-order chi connectivity index (χ1) is 11.6. The van der Waals surface area contributed by atoms with Crippen molar-refractivity contribution in [3.8, 4) is 6.07 Å². The van der Waals surface area contributed by atoms with Crippen LogP contribution in [0, 0.1) is 11.3 Å². The monoisotopic (exact) mass is 327 g/mol. The van der Waals surface area contributed by atoms with Gasteiger partial charge in [0.25, 0.3) is 0 Å². The Bertz CT molecular complexity index is 907. The minimum absolute atomic E-state index is 0.159. The Morgan fingerprint density at radius 2 is 2.17 bits per heavy atom. The van der Waals surface area contributed by atoms with E-state index in [0.717, 1.165) is 26.2 Å². The Hall–Kier alpha value is -2.92. The van der Waals surface area contributed by atoms with Gasteiger partial charge in [-0.3, -0.25) is 4.79 Å². The predicted molar refractivity (Wildman–Crippen MR) is 88.4 cm³/mol. The topological polar surface area (TPSA) is 111 Å². The summed E-state index contributed by atoms with van der Waals surface area (Å²) in [5, 5.41) is 22.1. The molecule has 1 aliphatic heterocycles. The quantitative estimate of drug-likeness (QED) is 0.839. The lowest BCUT2D eigenvalue weighted by atomic mass is 10.1. The van der Waals surface area contributed by atoms with Crippen LogP contribution in [0.5, 0.6) is 0 Å². The standard InChI is InChI=1S/C16H17N5O3/c1-2-20-9-12(16(23)24)13(22)11-7-10(8-17)14(19-15(11)20)21-5-3-18-4-6-21/h7,9,18H,2-6H2,1H3,(H,23,24). The number of aromatic carboxylic acids is 1. The maximum Gasteiger partial charge on any atom is 0.341 e. The van der Waals surface area contributed by atoms with Crippen LogP contribution in [0.1, 0.15) is 22.8 Å². The Kier molecular flexibility index (Phi) is 4.18. The van der Waals surface area contributed by atoms with Gasteiger partial charge in [-0.15, -0.1) is 0 Å². The fraction of sp³-hybridized carbons (Fsp3) is 0.375. The summed E-state index contributed by atoms with van der Waals surface area (Å²) in [6.45, 7) is 5.34. The lowest BCUT2D eigenvalue weighted by Crippen LogP contribution is -2.44. The first kappa shape index (κ1) is 16.0. The summed E-state index contributed by atoms with van der Waals surface area (Å²) in [6, 6.07) is 3.54. The maximum absolute atomic E-state index is 12.4. The maximum atomic E-state index is 12.4. The van der Waals surface area contributed by atoms with Gasteiger partial charge in [0.1, 0.15) is 23.1 Å². The van der Waals surface area contributed by atoms with Gasteiger partial charge in [-0.1, -0.05) is 0 Å². The smallest absolute Gasteiger partial charge is 0.341 e. The van der Waals surface area contributed by atoms with Crippen LogP contribution >= 0.6 is 0 Å². The molecule has 8 heteroatoms. The second-order valence-corrected chi connectivity index (χ2v) is 5.54. The molecule has 0 spiro atoms. The number of nitrogens with one attached hydrogen (secondary N) is 1. The number of nitrogens with zero attached hydrogens (tertiary/aromatic N) is 4. The van der Waals surface area contributed by atoms with E-state index >= 15 is 0 Å². The zero-order chi connectivity index (χ0) is 17.3. The van der Waals surface area contributed by atoms with Crippen LogP contribution in [-0.2, 0) is 6.54 Å². The van der Waals surface area contributed by atoms with E-state index in [4.69, 9.17) is 0 Å². The molecule has 124 valence electrons. The summed E-state index contributed by atoms with van der Waals surface area (Å²) < 4.78 is 1.63. The largest absolute Gasteiger partial charge is 0.477 e. The Morgan fingerprint density at radius 3 is 2.75 bits per heavy atom. The van der Waals surface area contributed by atoms with E-state index in [1.54, 1.807) is 4.57 Å². The molecule has 0 atom stereocenters. The van der Waals surface area contributed by atoms with Gasteiger partial charge in [-0.05, 0) is 13.0 Å². The summed E-state index contributed by atoms with van der Waals surface area (Å²) in [5.74, 6) is -0.745. The Morgan fingerprint density at radius 1 is 1.46 bits per heavy atom. The van der Waals surface area contributed by atoms with Gasteiger partial charge in [0.15, 0.2) is 0 Å². The molecule has 1 aliphatic rings. The van der Waals surface area contributed by atoms with Crippen LogP contribution < -0.4 is 15.6 Å². The number of fused-ring (bicyclic) bond motifs is 1. The van der Waals surface area contributed by atoms with Crippen LogP contribution in [0.2, 0.25) is 0 Å². The van der Waals surface area contributed by atoms with E-state index in [2.05, 4.69) is 16.4 Å². The van der Waals surface area contributed by atoms with Crippen LogP contribution in [0.25, 0.3) is 11.0 Å². The van der Waals surface area contributed by atoms with Gasteiger partial charge in [0.05, 0.1) is 10.9 Å². The van der Waals surface area contributed by atoms with E-state index in [9.17, 15) is 20.0 Å². The molecule has 3 rings (SSSR count). The number of aromatic nitrogens is 2. The number of pyridine rings is 2. The van der Waals surface area contributed by atoms with Crippen molar-refractivity contribution in [3.63, 3.8) is 0 Å². The Labute approximate surface area is 137 Å². The summed E-state index contributed by atoms with van der Waals surface area (Å²) in [6.07, 6.45) is 1.31. The van der Waals surface area contributed by atoms with Crippen molar-refractivity contribution < 1.29 is 9.90 Å². The fourth-order valence-corrected chi connectivity index (χ4v) is 2.89. The Balaban J connectivity index is 2.30. The molecule has 24 heavy (non-hydrogen) atoms. The summed E-state index contributed by atoms with van der Waals surface area (Å²) in [5.41, 5.74) is -0.241. The number of hydrogen-bond acceptors (Lipinski definition) is 6. The molecule has 0 aromatic carbocycles. The number of aryl methyl sites for hydroxylation is 1. The molecule has 0 unspecified atom stereocenters. The van der Waals surface area contributed by atoms with Crippen molar-refractivity contribution >= 4 is 22.8 Å². The van der Waals surface area contributed by atoms with Crippen molar-refractivity contribution in [2.75, 3.05) is 31.1 Å². The molecule has 0 bridgehead atoms. The van der Waals surface area contributed by atoms with E-state index in [1.165, 1.54) is 12.3 Å². The normalized spacial score (nSPS) is 14.6. The minimum atomic E-state index is -1.28. The van der Waals surface area contributed by atoms with Crippen LogP contribution in [0.4, 0.5) is 5.82 Å². The van der Waals surface area contributed by atoms with E-state index in [1.807, 2.05) is 11.8 Å². The SMILES string of the molecule is CCn1cc(C(=O)O)c(=O)c2cc(C#N)c(N3CCNCC3)nc21. The zero-order valence-electron chi connectivity index (χ0n) is 13.2. The average molecular weight is 327 g/mol. The molecule has 0 amide bonds. The fourth-order valence-electron chi connectivity index (χ4n) is 2.89. The van der Waals surface area contributed by atoms with Gasteiger partial charge >= 0.3 is 5.97 Å². The lowest BCUT2D eigenvalue weighted by molar-refractivity contribution is 0.0695. The number of rotatable bonds is 3. The molecule has 2 N–H and O–H groups in total. The second-order valence-electron chi connectivity index (χ2n) is 5.54. The molecule has 1 saturated heterocycles. The third-order valence-electron chi connectivity index (χ3n) is 4.14. The van der Waals surface area contributed by atoms with Crippen LogP contribution in [0.15, 0.2) is 17.1 Å². The average Bonchev–Trinajstić information content (AvgIpc) is 2.61. The van der Waals surface area contributed by atoms with E-state index in [-0.39, 0.29) is 16.5 Å². The van der Waals surface area contributed by atoms with Crippen LogP contribution in [0.3, 0.4) is 0 Å². The summed E-state index contributed by atoms with van der Waals surface area (Å²) in [7, 11) is 0. The number of hydrogen-bond donors (Lipinski definition) is 2. The molecule has 0 saturated carbocycles. The molecular weight excluding hydrogens is 310 g/mol. The van der Waals surface area contributed by atoms with Gasteiger partial charge in [-0.2, -0.15) is 5.26 Å². The molecule has 0 radical (unpaired) electrons. The molecule has 3 heterocycles. The number of carboxylic acid groups (broad SMARTS) is 1. The van der Waals surface area contributed by atoms with Crippen molar-refractivity contribution in [1.82, 2.24) is 14.9 Å². The lowest BCUT2D eigenvalue weighted by Gasteiger charge is -2.29. The molecule has 8 nitrogen and oxygen atoms in total. The van der Waals surface area contributed by atoms with Crippen LogP contribution in [-0.4, -0.2) is 46.8 Å². The molecule has 2 aromatic rings. The first-order valence-corrected chi connectivity index (χ1v) is 7.74. The van der Waals surface area contributed by atoms with Crippen molar-refractivity contribution in [1.29, 1.82) is 5.26 Å². The second kappa shape index (κ2) is 6.29. The number of nitriles is 1. The summed E-state index contributed by atoms with van der Waals surface area (Å²) >= 11 is 0. The first-order valence-electron chi connectivity index (χ1n) is 7.74. The molecule has 1 fully saturated rings. The van der Waals surface area contributed by atoms with Gasteiger partial charge in [0.2, 0.25) is 5.43 Å². The number of anilines is 1. The molecular formula is C16H17N5O3. The van der Waals surface area contributed by atoms with Gasteiger partial charge < -0.3 is 19.9 Å². The highest BCUT2D eigenvalue weighted by molar-refractivity contribution is 5.92. The third kappa shape index (κ3) is 2.59. The van der Waals surface area contributed by atoms with Crippen molar-refractivity contribution in [2.24, 2.45) is 0 Å². The third-order valence-corrected chi connectivity index (χ3v) is 4.14. The zero-order valence-corrected chi connectivity index (χ0v) is 13.2. The highest BCUT2D eigenvalue weighted by Crippen LogP contribution is 2.22. The number of carboxylic acids is 1. The highest BCUT2D eigenvalue weighted by Gasteiger charge is 2.21. The molecule has 0 aliphatic carbocycles. The number of piperazine rings is 1. The van der Waals surface area contributed by atoms with Crippen molar-refractivity contribution in [2.45, 2.75) is 13.5 Å². The van der Waals surface area contributed by atoms with Crippen molar-refractivity contribution in [3.05, 3.63) is 33.6 Å². The summed E-state index contributed by atoms with van der Waals surface area (Å²) in [4.78, 5) is 30.3. The van der Waals surface area contributed by atoms with Gasteiger partial charge in [-0.25, -0.2) is 9.78 Å². The molecule has 2 aromatic heterocycles.